The Hall–Kier alpha value is -2.44. The summed E-state index contributed by atoms with van der Waals surface area (Å²) in [6.07, 6.45) is 8.11. The van der Waals surface area contributed by atoms with Crippen molar-refractivity contribution in [1.82, 2.24) is 9.88 Å². The first kappa shape index (κ1) is 20.5. The summed E-state index contributed by atoms with van der Waals surface area (Å²) in [4.78, 5) is 19.0. The second-order valence-corrected chi connectivity index (χ2v) is 9.15. The third kappa shape index (κ3) is 4.60. The molecule has 4 heterocycles. The Morgan fingerprint density at radius 2 is 2.13 bits per heavy atom. The number of amides is 1. The summed E-state index contributed by atoms with van der Waals surface area (Å²) >= 11 is 0. The maximum absolute atomic E-state index is 12.8. The van der Waals surface area contributed by atoms with Crippen LogP contribution in [0.5, 0.6) is 5.75 Å². The van der Waals surface area contributed by atoms with Gasteiger partial charge >= 0.3 is 0 Å². The van der Waals surface area contributed by atoms with Crippen molar-refractivity contribution in [3.63, 3.8) is 0 Å². The molecule has 2 fully saturated rings. The first-order valence-corrected chi connectivity index (χ1v) is 11.3. The van der Waals surface area contributed by atoms with Crippen LogP contribution >= 0.6 is 0 Å². The summed E-state index contributed by atoms with van der Waals surface area (Å²) < 4.78 is 17.9. The van der Waals surface area contributed by atoms with Crippen LogP contribution in [0.3, 0.4) is 0 Å². The summed E-state index contributed by atoms with van der Waals surface area (Å²) in [5.41, 5.74) is 4.28. The van der Waals surface area contributed by atoms with E-state index in [0.29, 0.717) is 32.7 Å². The van der Waals surface area contributed by atoms with Crippen molar-refractivity contribution in [2.24, 2.45) is 0 Å². The Kier molecular flexibility index (Phi) is 5.67. The van der Waals surface area contributed by atoms with Crippen LogP contribution in [-0.2, 0) is 33.7 Å². The lowest BCUT2D eigenvalue weighted by Gasteiger charge is -2.53. The van der Waals surface area contributed by atoms with Gasteiger partial charge in [0.05, 0.1) is 38.8 Å². The normalized spacial score (nSPS) is 21.8. The number of pyridine rings is 1. The van der Waals surface area contributed by atoms with Crippen molar-refractivity contribution in [3.05, 3.63) is 58.9 Å². The average molecular weight is 423 g/mol. The number of nitrogens with zero attached hydrogens (tertiary/aromatic N) is 2. The molecule has 0 saturated carbocycles. The predicted octanol–water partition coefficient (Wildman–Crippen LogP) is 3.23. The first-order valence-electron chi connectivity index (χ1n) is 11.3. The summed E-state index contributed by atoms with van der Waals surface area (Å²) in [6, 6.07) is 8.26. The van der Waals surface area contributed by atoms with Gasteiger partial charge in [0.15, 0.2) is 0 Å². The molecule has 1 spiro atoms. The van der Waals surface area contributed by atoms with Gasteiger partial charge in [-0.3, -0.25) is 9.78 Å². The number of fused-ring (bicyclic) bond motifs is 1. The number of benzene rings is 1. The lowest BCUT2D eigenvalue weighted by molar-refractivity contribution is -0.202. The number of carbonyl (C=O) groups excluding carboxylic acids is 1. The third-order valence-corrected chi connectivity index (χ3v) is 6.50. The monoisotopic (exact) mass is 422 g/mol. The Balaban J connectivity index is 1.12. The fourth-order valence-electron chi connectivity index (χ4n) is 4.89. The molecular weight excluding hydrogens is 392 g/mol. The maximum atomic E-state index is 12.8. The van der Waals surface area contributed by atoms with Gasteiger partial charge < -0.3 is 19.1 Å². The number of carbonyl (C=O) groups is 1. The highest BCUT2D eigenvalue weighted by atomic mass is 16.5. The van der Waals surface area contributed by atoms with Crippen molar-refractivity contribution < 1.29 is 19.0 Å². The number of ether oxygens (including phenoxy) is 3. The Morgan fingerprint density at radius 3 is 3.00 bits per heavy atom. The zero-order valence-electron chi connectivity index (χ0n) is 18.1. The highest BCUT2D eigenvalue weighted by molar-refractivity contribution is 5.80. The molecule has 31 heavy (non-hydrogen) atoms. The van der Waals surface area contributed by atoms with Crippen molar-refractivity contribution in [3.8, 4) is 5.75 Å². The van der Waals surface area contributed by atoms with Crippen LogP contribution in [0.2, 0.25) is 0 Å². The highest BCUT2D eigenvalue weighted by Crippen LogP contribution is 2.36. The fraction of sp³-hybridized carbons (Fsp3) is 0.520. The van der Waals surface area contributed by atoms with Crippen molar-refractivity contribution >= 4 is 5.91 Å². The molecule has 5 rings (SSSR count). The second-order valence-electron chi connectivity index (χ2n) is 9.15. The summed E-state index contributed by atoms with van der Waals surface area (Å²) in [6.45, 7) is 5.40. The average Bonchev–Trinajstić information content (AvgIpc) is 2.76. The van der Waals surface area contributed by atoms with E-state index in [-0.39, 0.29) is 17.6 Å². The fourth-order valence-corrected chi connectivity index (χ4v) is 4.89. The van der Waals surface area contributed by atoms with E-state index in [1.54, 1.807) is 0 Å². The van der Waals surface area contributed by atoms with Gasteiger partial charge in [-0.25, -0.2) is 0 Å². The Labute approximate surface area is 183 Å². The van der Waals surface area contributed by atoms with Crippen LogP contribution in [-0.4, -0.2) is 53.8 Å². The molecule has 0 radical (unpaired) electrons. The molecule has 1 unspecified atom stereocenters. The molecular formula is C25H30N2O4. The van der Waals surface area contributed by atoms with E-state index in [2.05, 4.69) is 17.1 Å². The van der Waals surface area contributed by atoms with Crippen molar-refractivity contribution in [2.75, 3.05) is 26.3 Å². The molecule has 2 saturated heterocycles. The second kappa shape index (κ2) is 8.60. The SMILES string of the molecule is Cc1cncc(COC2CCOC3(C2)CN(C(=O)Cc2ccc4c(c2)CCCO4)C3)c1. The Bertz CT molecular complexity index is 954. The quantitative estimate of drug-likeness (QED) is 0.740. The molecule has 0 bridgehead atoms. The molecule has 3 aliphatic heterocycles. The Morgan fingerprint density at radius 1 is 1.23 bits per heavy atom. The highest BCUT2D eigenvalue weighted by Gasteiger charge is 2.49. The smallest absolute Gasteiger partial charge is 0.227 e. The minimum absolute atomic E-state index is 0.159. The molecule has 2 aromatic rings. The van der Waals surface area contributed by atoms with Crippen LogP contribution < -0.4 is 4.74 Å². The molecule has 3 aliphatic rings. The van der Waals surface area contributed by atoms with E-state index < -0.39 is 0 Å². The maximum Gasteiger partial charge on any atom is 0.227 e. The molecule has 1 amide bonds. The van der Waals surface area contributed by atoms with Crippen LogP contribution in [0, 0.1) is 6.92 Å². The van der Waals surface area contributed by atoms with Crippen molar-refractivity contribution in [2.45, 2.75) is 57.3 Å². The molecule has 6 heteroatoms. The van der Waals surface area contributed by atoms with Gasteiger partial charge in [-0.1, -0.05) is 18.2 Å². The van der Waals surface area contributed by atoms with E-state index in [1.165, 1.54) is 5.56 Å². The molecule has 6 nitrogen and oxygen atoms in total. The summed E-state index contributed by atoms with van der Waals surface area (Å²) in [5, 5.41) is 0. The van der Waals surface area contributed by atoms with E-state index in [0.717, 1.165) is 54.7 Å². The van der Waals surface area contributed by atoms with E-state index >= 15 is 0 Å². The molecule has 164 valence electrons. The largest absolute Gasteiger partial charge is 0.493 e. The lowest BCUT2D eigenvalue weighted by atomic mass is 9.84. The zero-order valence-corrected chi connectivity index (χ0v) is 18.1. The zero-order chi connectivity index (χ0) is 21.3. The number of hydrogen-bond donors (Lipinski definition) is 0. The number of hydrogen-bond acceptors (Lipinski definition) is 5. The number of rotatable bonds is 5. The van der Waals surface area contributed by atoms with Gasteiger partial charge in [0.2, 0.25) is 5.91 Å². The van der Waals surface area contributed by atoms with Gasteiger partial charge in [0.25, 0.3) is 0 Å². The molecule has 1 atom stereocenters. The molecule has 0 aliphatic carbocycles. The van der Waals surface area contributed by atoms with Gasteiger partial charge in [0, 0.05) is 25.4 Å². The van der Waals surface area contributed by atoms with E-state index in [4.69, 9.17) is 14.2 Å². The molecule has 0 N–H and O–H groups in total. The van der Waals surface area contributed by atoms with Gasteiger partial charge in [-0.05, 0) is 54.5 Å². The van der Waals surface area contributed by atoms with E-state index in [1.807, 2.05) is 36.4 Å². The molecule has 1 aromatic heterocycles. The minimum Gasteiger partial charge on any atom is -0.493 e. The number of aryl methyl sites for hydroxylation is 2. The summed E-state index contributed by atoms with van der Waals surface area (Å²) in [5.74, 6) is 1.13. The standard InChI is InChI=1S/C25H30N2O4/c1-18-9-20(14-26-13-18)15-30-22-6-8-31-25(12-22)16-27(17-25)24(28)11-19-4-5-23-21(10-19)3-2-7-29-23/h4-5,9-10,13-14,22H,2-3,6-8,11-12,15-17H2,1H3. The van der Waals surface area contributed by atoms with Crippen molar-refractivity contribution in [1.29, 1.82) is 0 Å². The van der Waals surface area contributed by atoms with Gasteiger partial charge in [-0.2, -0.15) is 0 Å². The van der Waals surface area contributed by atoms with E-state index in [9.17, 15) is 4.79 Å². The van der Waals surface area contributed by atoms with Gasteiger partial charge in [0.1, 0.15) is 11.4 Å². The van der Waals surface area contributed by atoms with Crippen LogP contribution in [0.4, 0.5) is 0 Å². The van der Waals surface area contributed by atoms with Crippen LogP contribution in [0.15, 0.2) is 36.7 Å². The predicted molar refractivity (Wildman–Crippen MR) is 116 cm³/mol. The van der Waals surface area contributed by atoms with Gasteiger partial charge in [-0.15, -0.1) is 0 Å². The first-order chi connectivity index (χ1) is 15.1. The third-order valence-electron chi connectivity index (χ3n) is 6.50. The molecule has 1 aromatic carbocycles. The lowest BCUT2D eigenvalue weighted by Crippen LogP contribution is -2.67. The topological polar surface area (TPSA) is 60.9 Å². The number of likely N-dealkylation sites (tertiary alicyclic amines) is 1. The van der Waals surface area contributed by atoms with Crippen LogP contribution in [0.25, 0.3) is 0 Å². The number of aromatic nitrogens is 1. The summed E-state index contributed by atoms with van der Waals surface area (Å²) in [7, 11) is 0. The minimum atomic E-state index is -0.243. The van der Waals surface area contributed by atoms with Crippen LogP contribution in [0.1, 0.15) is 41.5 Å².